The molecule has 2 aliphatic heterocycles. The van der Waals surface area contributed by atoms with E-state index in [2.05, 4.69) is 4.72 Å². The summed E-state index contributed by atoms with van der Waals surface area (Å²) < 4.78 is 54.4. The molecule has 1 amide bonds. The molecule has 3 aliphatic rings. The van der Waals surface area contributed by atoms with Gasteiger partial charge in [-0.25, -0.2) is 21.9 Å². The van der Waals surface area contributed by atoms with E-state index in [9.17, 15) is 27.1 Å². The second-order valence-corrected chi connectivity index (χ2v) is 11.5. The molecule has 0 radical (unpaired) electrons. The fourth-order valence-electron chi connectivity index (χ4n) is 5.03. The zero-order chi connectivity index (χ0) is 24.1. The van der Waals surface area contributed by atoms with Crippen LogP contribution < -0.4 is 4.72 Å². The zero-order valence-corrected chi connectivity index (χ0v) is 19.6. The molecule has 2 heterocycles. The summed E-state index contributed by atoms with van der Waals surface area (Å²) in [5.41, 5.74) is 0.185. The molecular weight excluding hydrogens is 450 g/mol. The standard InChI is InChI=1S/C24H28F2N2O4S/c1-24(2,30)23(29)28-20-11-17(12-20)22(27-33(3,31)32)21(28)8-14-5-4-6-15(7-14)16-9-18(25)13-19(26)10-16/h4-7,9-10,13,17,20-22,27,30H,8,11-12H2,1-3H3. The van der Waals surface area contributed by atoms with Crippen LogP contribution in [0.1, 0.15) is 32.3 Å². The Hall–Kier alpha value is -2.36. The summed E-state index contributed by atoms with van der Waals surface area (Å²) in [4.78, 5) is 14.8. The van der Waals surface area contributed by atoms with Crippen molar-refractivity contribution in [2.75, 3.05) is 6.26 Å². The molecule has 2 atom stereocenters. The van der Waals surface area contributed by atoms with Gasteiger partial charge < -0.3 is 10.0 Å². The first kappa shape index (κ1) is 23.8. The van der Waals surface area contributed by atoms with Crippen LogP contribution in [0.4, 0.5) is 8.78 Å². The first-order valence-electron chi connectivity index (χ1n) is 10.9. The van der Waals surface area contributed by atoms with Gasteiger partial charge in [-0.3, -0.25) is 4.79 Å². The minimum Gasteiger partial charge on any atom is -0.381 e. The van der Waals surface area contributed by atoms with Crippen molar-refractivity contribution >= 4 is 15.9 Å². The van der Waals surface area contributed by atoms with E-state index in [0.717, 1.165) is 17.9 Å². The van der Waals surface area contributed by atoms with E-state index in [0.29, 0.717) is 30.4 Å². The Balaban J connectivity index is 1.70. The maximum atomic E-state index is 13.7. The summed E-state index contributed by atoms with van der Waals surface area (Å²) in [7, 11) is -3.54. The number of carbonyl (C=O) groups excluding carboxylic acids is 1. The van der Waals surface area contributed by atoms with Crippen LogP contribution in [0.25, 0.3) is 11.1 Å². The van der Waals surface area contributed by atoms with Crippen molar-refractivity contribution in [1.82, 2.24) is 9.62 Å². The van der Waals surface area contributed by atoms with Gasteiger partial charge in [-0.15, -0.1) is 0 Å². The van der Waals surface area contributed by atoms with E-state index in [1.165, 1.54) is 26.0 Å². The maximum Gasteiger partial charge on any atom is 0.254 e. The highest BCUT2D eigenvalue weighted by molar-refractivity contribution is 7.88. The third kappa shape index (κ3) is 5.10. The quantitative estimate of drug-likeness (QED) is 0.669. The highest BCUT2D eigenvalue weighted by Crippen LogP contribution is 2.45. The Morgan fingerprint density at radius 3 is 2.33 bits per heavy atom. The maximum absolute atomic E-state index is 13.7. The highest BCUT2D eigenvalue weighted by Gasteiger charge is 2.54. The van der Waals surface area contributed by atoms with Crippen LogP contribution in [-0.2, 0) is 21.2 Å². The molecule has 0 spiro atoms. The molecule has 3 fully saturated rings. The number of hydrogen-bond acceptors (Lipinski definition) is 4. The van der Waals surface area contributed by atoms with Gasteiger partial charge in [-0.1, -0.05) is 24.3 Å². The fourth-order valence-corrected chi connectivity index (χ4v) is 5.87. The summed E-state index contributed by atoms with van der Waals surface area (Å²) >= 11 is 0. The van der Waals surface area contributed by atoms with Crippen LogP contribution in [0.2, 0.25) is 0 Å². The molecule has 33 heavy (non-hydrogen) atoms. The second kappa shape index (κ2) is 8.45. The van der Waals surface area contributed by atoms with Crippen molar-refractivity contribution in [2.45, 2.75) is 56.8 Å². The normalized spacial score (nSPS) is 25.0. The van der Waals surface area contributed by atoms with Crippen molar-refractivity contribution in [3.8, 4) is 11.1 Å². The van der Waals surface area contributed by atoms with Gasteiger partial charge in [0, 0.05) is 18.2 Å². The average molecular weight is 479 g/mol. The van der Waals surface area contributed by atoms with E-state index >= 15 is 0 Å². The molecular formula is C24H28F2N2O4S. The van der Waals surface area contributed by atoms with Crippen molar-refractivity contribution in [3.63, 3.8) is 0 Å². The molecule has 9 heteroatoms. The van der Waals surface area contributed by atoms with E-state index in [4.69, 9.17) is 0 Å². The number of rotatable bonds is 6. The van der Waals surface area contributed by atoms with Crippen LogP contribution in [-0.4, -0.2) is 54.3 Å². The number of halogens is 2. The van der Waals surface area contributed by atoms with Gasteiger partial charge in [0.2, 0.25) is 10.0 Å². The lowest BCUT2D eigenvalue weighted by Gasteiger charge is -2.58. The Bertz CT molecular complexity index is 1150. The van der Waals surface area contributed by atoms with E-state index in [1.54, 1.807) is 23.1 Å². The van der Waals surface area contributed by atoms with E-state index < -0.39 is 45.2 Å². The summed E-state index contributed by atoms with van der Waals surface area (Å²) in [6.45, 7) is 2.85. The predicted octanol–water partition coefficient (Wildman–Crippen LogP) is 2.85. The minimum absolute atomic E-state index is 0.0583. The first-order valence-corrected chi connectivity index (χ1v) is 12.8. The monoisotopic (exact) mass is 478 g/mol. The molecule has 2 unspecified atom stereocenters. The van der Waals surface area contributed by atoms with Gasteiger partial charge in [0.15, 0.2) is 0 Å². The number of fused-ring (bicyclic) bond motifs is 2. The lowest BCUT2D eigenvalue weighted by molar-refractivity contribution is -0.166. The van der Waals surface area contributed by atoms with Gasteiger partial charge in [0.25, 0.3) is 5.91 Å². The molecule has 1 saturated carbocycles. The number of carbonyl (C=O) groups is 1. The lowest BCUT2D eigenvalue weighted by atomic mass is 9.66. The molecule has 2 bridgehead atoms. The number of nitrogens with zero attached hydrogens (tertiary/aromatic N) is 1. The van der Waals surface area contributed by atoms with E-state index in [-0.39, 0.29) is 12.0 Å². The van der Waals surface area contributed by atoms with Crippen LogP contribution in [0.15, 0.2) is 42.5 Å². The Morgan fingerprint density at radius 1 is 1.12 bits per heavy atom. The molecule has 2 N–H and O–H groups in total. The molecule has 2 aromatic rings. The van der Waals surface area contributed by atoms with Crippen molar-refractivity contribution in [3.05, 3.63) is 59.7 Å². The van der Waals surface area contributed by atoms with Gasteiger partial charge in [0.1, 0.15) is 17.2 Å². The van der Waals surface area contributed by atoms with Gasteiger partial charge >= 0.3 is 0 Å². The van der Waals surface area contributed by atoms with Crippen molar-refractivity contribution in [2.24, 2.45) is 5.92 Å². The number of piperidine rings is 2. The van der Waals surface area contributed by atoms with Crippen molar-refractivity contribution < 1.29 is 27.1 Å². The average Bonchev–Trinajstić information content (AvgIpc) is 2.65. The Kier molecular flexibility index (Phi) is 6.09. The topological polar surface area (TPSA) is 86.7 Å². The SMILES string of the molecule is CC(C)(O)C(=O)N1C2CC(C2)C(NS(C)(=O)=O)C1Cc1cccc(-c2cc(F)cc(F)c2)c1. The van der Waals surface area contributed by atoms with Crippen LogP contribution in [0.5, 0.6) is 0 Å². The smallest absolute Gasteiger partial charge is 0.254 e. The molecule has 2 aromatic carbocycles. The third-order valence-electron chi connectivity index (χ3n) is 6.50. The second-order valence-electron chi connectivity index (χ2n) is 9.70. The molecule has 6 nitrogen and oxygen atoms in total. The molecule has 1 aliphatic carbocycles. The number of nitrogens with one attached hydrogen (secondary N) is 1. The van der Waals surface area contributed by atoms with Gasteiger partial charge in [-0.2, -0.15) is 0 Å². The van der Waals surface area contributed by atoms with E-state index in [1.807, 2.05) is 6.07 Å². The summed E-state index contributed by atoms with van der Waals surface area (Å²) in [6, 6.07) is 9.37. The summed E-state index contributed by atoms with van der Waals surface area (Å²) in [5.74, 6) is -1.70. The number of aliphatic hydroxyl groups is 1. The van der Waals surface area contributed by atoms with Gasteiger partial charge in [-0.05, 0) is 67.9 Å². The fraction of sp³-hybridized carbons (Fsp3) is 0.458. The molecule has 5 rings (SSSR count). The van der Waals surface area contributed by atoms with Crippen LogP contribution >= 0.6 is 0 Å². The minimum atomic E-state index is -3.54. The number of hydrogen-bond donors (Lipinski definition) is 2. The highest BCUT2D eigenvalue weighted by atomic mass is 32.2. The van der Waals surface area contributed by atoms with Crippen LogP contribution in [0.3, 0.4) is 0 Å². The van der Waals surface area contributed by atoms with Crippen molar-refractivity contribution in [1.29, 1.82) is 0 Å². The molecule has 0 aromatic heterocycles. The molecule has 2 saturated heterocycles. The van der Waals surface area contributed by atoms with Crippen LogP contribution in [0, 0.1) is 17.6 Å². The Morgan fingerprint density at radius 2 is 1.76 bits per heavy atom. The largest absolute Gasteiger partial charge is 0.381 e. The predicted molar refractivity (Wildman–Crippen MR) is 121 cm³/mol. The number of benzene rings is 2. The first-order chi connectivity index (χ1) is 15.3. The summed E-state index contributed by atoms with van der Waals surface area (Å²) in [5, 5.41) is 10.4. The summed E-state index contributed by atoms with van der Waals surface area (Å²) in [6.07, 6.45) is 2.77. The molecule has 178 valence electrons. The third-order valence-corrected chi connectivity index (χ3v) is 7.20. The lowest BCUT2D eigenvalue weighted by Crippen LogP contribution is -2.72. The zero-order valence-electron chi connectivity index (χ0n) is 18.8. The Labute approximate surface area is 192 Å². The number of amides is 1. The number of sulfonamides is 1. The van der Waals surface area contributed by atoms with Gasteiger partial charge in [0.05, 0.1) is 12.3 Å².